The molecule has 310 valence electrons. The number of thioether (sulfide) groups is 1. The highest BCUT2D eigenvalue weighted by Crippen LogP contribution is 2.39. The molecule has 0 saturated heterocycles. The van der Waals surface area contributed by atoms with Crippen LogP contribution in [0.2, 0.25) is 0 Å². The third kappa shape index (κ3) is 15.2. The summed E-state index contributed by atoms with van der Waals surface area (Å²) in [5, 5.41) is 12.4. The summed E-state index contributed by atoms with van der Waals surface area (Å²) >= 11 is 2.45. The maximum atomic E-state index is 14.1. The molecule has 0 bridgehead atoms. The van der Waals surface area contributed by atoms with E-state index < -0.39 is 39.4 Å². The van der Waals surface area contributed by atoms with Gasteiger partial charge in [-0.05, 0) is 102 Å². The lowest BCUT2D eigenvalue weighted by Crippen LogP contribution is -2.29. The number of hydrogen-bond acceptors (Lipinski definition) is 13. The molecule has 1 heterocycles. The zero-order valence-corrected chi connectivity index (χ0v) is 35.7. The zero-order valence-electron chi connectivity index (χ0n) is 33.2. The number of carbonyl (C=O) groups is 5. The maximum Gasteiger partial charge on any atom is 0.428 e. The Morgan fingerprint density at radius 3 is 2.35 bits per heavy atom. The van der Waals surface area contributed by atoms with E-state index in [1.54, 1.807) is 65.1 Å². The molecule has 3 aromatic rings. The number of thiophene rings is 1. The largest absolute Gasteiger partial charge is 0.469 e. The first-order valence-corrected chi connectivity index (χ1v) is 21.8. The molecule has 0 aliphatic carbocycles. The van der Waals surface area contributed by atoms with E-state index in [0.29, 0.717) is 69.6 Å². The summed E-state index contributed by atoms with van der Waals surface area (Å²) in [4.78, 5) is 61.7. The summed E-state index contributed by atoms with van der Waals surface area (Å²) in [7, 11) is -2.81. The molecule has 0 radical (unpaired) electrons. The molecule has 2 aromatic carbocycles. The number of carbonyl (C=O) groups excluding carboxylic acids is 5. The van der Waals surface area contributed by atoms with E-state index in [1.807, 2.05) is 0 Å². The monoisotopic (exact) mass is 845 g/mol. The molecule has 15 nitrogen and oxygen atoms in total. The molecule has 0 aliphatic heterocycles. The molecule has 0 atom stereocenters. The molecule has 4 amide bonds. The van der Waals surface area contributed by atoms with Crippen molar-refractivity contribution in [3.8, 4) is 11.1 Å². The number of esters is 2. The first kappa shape index (κ1) is 46.4. The van der Waals surface area contributed by atoms with Crippen LogP contribution >= 0.6 is 23.1 Å². The van der Waals surface area contributed by atoms with E-state index in [0.717, 1.165) is 6.42 Å². The minimum atomic E-state index is -4.08. The van der Waals surface area contributed by atoms with Gasteiger partial charge in [-0.25, -0.2) is 23.4 Å². The Hall–Kier alpha value is -4.94. The summed E-state index contributed by atoms with van der Waals surface area (Å²) in [5.41, 5.74) is 3.90. The number of nitrogens with one attached hydrogen (secondary N) is 4. The van der Waals surface area contributed by atoms with Gasteiger partial charge < -0.3 is 30.2 Å². The lowest BCUT2D eigenvalue weighted by molar-refractivity contribution is -0.143. The normalized spacial score (nSPS) is 11.5. The van der Waals surface area contributed by atoms with E-state index in [9.17, 15) is 32.4 Å². The second-order valence-electron chi connectivity index (χ2n) is 13.6. The van der Waals surface area contributed by atoms with E-state index in [2.05, 4.69) is 31.2 Å². The number of urea groups is 1. The Balaban J connectivity index is 1.89. The molecule has 0 unspecified atom stereocenters. The van der Waals surface area contributed by atoms with Crippen molar-refractivity contribution in [1.82, 2.24) is 10.7 Å². The Kier molecular flexibility index (Phi) is 18.0. The number of ether oxygens (including phenoxy) is 3. The summed E-state index contributed by atoms with van der Waals surface area (Å²) in [6.45, 7) is 9.40. The van der Waals surface area contributed by atoms with Crippen LogP contribution in [0.25, 0.3) is 11.1 Å². The molecule has 0 aliphatic rings. The second-order valence-corrected chi connectivity index (χ2v) is 17.7. The second kappa shape index (κ2) is 22.1. The number of nitrogens with zero attached hydrogens (tertiary/aromatic N) is 1. The van der Waals surface area contributed by atoms with Gasteiger partial charge in [0.1, 0.15) is 5.60 Å². The van der Waals surface area contributed by atoms with Gasteiger partial charge in [-0.2, -0.15) is 5.10 Å². The minimum Gasteiger partial charge on any atom is -0.469 e. The molecule has 0 spiro atoms. The molecule has 18 heteroatoms. The SMILES string of the molecule is CCOC(=O)CCCCCNC(=O)Nc1cc(C)c(-c2cccc(S(=O)(=O)c3cc(C=NNC(=O)OC(C)(C)C)sc3SC)c2)c(NC(=O)CCCC(=O)OC)c1. The maximum absolute atomic E-state index is 14.1. The van der Waals surface area contributed by atoms with Crippen LogP contribution in [-0.4, -0.2) is 76.7 Å². The smallest absolute Gasteiger partial charge is 0.428 e. The summed E-state index contributed by atoms with van der Waals surface area (Å²) in [5.74, 6) is -1.09. The molecular formula is C39H51N5O10S3. The van der Waals surface area contributed by atoms with Gasteiger partial charge >= 0.3 is 24.1 Å². The highest BCUT2D eigenvalue weighted by Gasteiger charge is 2.25. The number of aryl methyl sites for hydroxylation is 1. The third-order valence-corrected chi connectivity index (χ3v) is 12.1. The third-order valence-electron chi connectivity index (χ3n) is 7.87. The molecular weight excluding hydrogens is 795 g/mol. The van der Waals surface area contributed by atoms with Gasteiger partial charge in [0.2, 0.25) is 15.7 Å². The topological polar surface area (TPSA) is 208 Å². The summed E-state index contributed by atoms with van der Waals surface area (Å²) in [6, 6.07) is 10.6. The van der Waals surface area contributed by atoms with Crippen LogP contribution in [0.3, 0.4) is 0 Å². The van der Waals surface area contributed by atoms with E-state index >= 15 is 0 Å². The van der Waals surface area contributed by atoms with Gasteiger partial charge in [0.05, 0.1) is 39.6 Å². The van der Waals surface area contributed by atoms with Crippen LogP contribution in [0.15, 0.2) is 61.6 Å². The van der Waals surface area contributed by atoms with Gasteiger partial charge in [-0.1, -0.05) is 18.6 Å². The van der Waals surface area contributed by atoms with Crippen LogP contribution in [0.1, 0.15) is 83.1 Å². The Morgan fingerprint density at radius 2 is 1.67 bits per heavy atom. The van der Waals surface area contributed by atoms with Gasteiger partial charge in [-0.3, -0.25) is 14.4 Å². The predicted octanol–water partition coefficient (Wildman–Crippen LogP) is 7.66. The van der Waals surface area contributed by atoms with Crippen LogP contribution in [-0.2, 0) is 38.4 Å². The van der Waals surface area contributed by atoms with Crippen LogP contribution in [0, 0.1) is 6.92 Å². The molecule has 57 heavy (non-hydrogen) atoms. The number of hydrogen-bond donors (Lipinski definition) is 4. The number of hydrazone groups is 1. The summed E-state index contributed by atoms with van der Waals surface area (Å²) in [6.07, 6.45) is 4.99. The average molecular weight is 846 g/mol. The van der Waals surface area contributed by atoms with Crippen LogP contribution < -0.4 is 21.4 Å². The fourth-order valence-electron chi connectivity index (χ4n) is 5.39. The zero-order chi connectivity index (χ0) is 42.2. The average Bonchev–Trinajstić information content (AvgIpc) is 3.56. The number of unbranched alkanes of at least 4 members (excludes halogenated alkanes) is 2. The quantitative estimate of drug-likeness (QED) is 0.0230. The number of sulfone groups is 1. The molecule has 1 aromatic heterocycles. The molecule has 0 fully saturated rings. The Labute approximate surface area is 342 Å². The van der Waals surface area contributed by atoms with E-state index in [-0.39, 0.29) is 35.0 Å². The van der Waals surface area contributed by atoms with Crippen molar-refractivity contribution >= 4 is 80.5 Å². The van der Waals surface area contributed by atoms with Crippen molar-refractivity contribution in [2.75, 3.05) is 37.2 Å². The number of amides is 4. The van der Waals surface area contributed by atoms with Crippen molar-refractivity contribution < 1.29 is 46.6 Å². The highest BCUT2D eigenvalue weighted by atomic mass is 32.2. The number of anilines is 2. The lowest BCUT2D eigenvalue weighted by atomic mass is 9.97. The molecule has 3 rings (SSSR count). The standard InChI is InChI=1S/C39H51N5O10S3/c1-8-53-34(47)17-10-9-11-19-40-37(48)42-27-20-25(2)35(30(22-27)43-32(45)16-13-18-33(46)52-6)26-14-12-15-29(21-26)57(50,51)31-23-28(56-36(31)55-7)24-41-44-38(49)54-39(3,4)5/h12,14-15,20-24H,8-11,13,16-19H2,1-7H3,(H,43,45)(H,44,49)(H2,40,42,48). The van der Waals surface area contributed by atoms with Crippen LogP contribution in [0.4, 0.5) is 21.0 Å². The first-order valence-electron chi connectivity index (χ1n) is 18.2. The van der Waals surface area contributed by atoms with Crippen molar-refractivity contribution in [3.63, 3.8) is 0 Å². The highest BCUT2D eigenvalue weighted by molar-refractivity contribution is 8.01. The lowest BCUT2D eigenvalue weighted by Gasteiger charge is -2.18. The predicted molar refractivity (Wildman–Crippen MR) is 222 cm³/mol. The van der Waals surface area contributed by atoms with Crippen molar-refractivity contribution in [1.29, 1.82) is 0 Å². The van der Waals surface area contributed by atoms with E-state index in [4.69, 9.17) is 9.47 Å². The van der Waals surface area contributed by atoms with Crippen molar-refractivity contribution in [3.05, 3.63) is 52.9 Å². The van der Waals surface area contributed by atoms with Crippen molar-refractivity contribution in [2.24, 2.45) is 5.10 Å². The van der Waals surface area contributed by atoms with Crippen molar-refractivity contribution in [2.45, 2.75) is 99.2 Å². The number of rotatable bonds is 19. The molecule has 4 N–H and O–H groups in total. The fourth-order valence-corrected chi connectivity index (χ4v) is 9.34. The van der Waals surface area contributed by atoms with Crippen LogP contribution in [0.5, 0.6) is 0 Å². The van der Waals surface area contributed by atoms with E-state index in [1.165, 1.54) is 54.6 Å². The first-order chi connectivity index (χ1) is 27.0. The summed E-state index contributed by atoms with van der Waals surface area (Å²) < 4.78 is 43.6. The Bertz CT molecular complexity index is 2040. The van der Waals surface area contributed by atoms with Gasteiger partial charge in [0.15, 0.2) is 0 Å². The van der Waals surface area contributed by atoms with Gasteiger partial charge in [0, 0.05) is 41.9 Å². The molecule has 0 saturated carbocycles. The number of benzene rings is 2. The fraction of sp³-hybridized carbons (Fsp3) is 0.436. The van der Waals surface area contributed by atoms with Gasteiger partial charge in [-0.15, -0.1) is 23.1 Å². The number of methoxy groups -OCH3 is 1. The Morgan fingerprint density at radius 1 is 0.930 bits per heavy atom. The minimum absolute atomic E-state index is 0.00191. The van der Waals surface area contributed by atoms with Gasteiger partial charge in [0.25, 0.3) is 0 Å².